The first-order chi connectivity index (χ1) is 15.4. The van der Waals surface area contributed by atoms with Gasteiger partial charge in [0.25, 0.3) is 11.5 Å². The Labute approximate surface area is 185 Å². The van der Waals surface area contributed by atoms with E-state index in [2.05, 4.69) is 0 Å². The fourth-order valence-corrected chi connectivity index (χ4v) is 3.69. The number of nitrogens with zero attached hydrogens (tertiary/aromatic N) is 2. The molecule has 2 heterocycles. The van der Waals surface area contributed by atoms with Gasteiger partial charge in [-0.2, -0.15) is 0 Å². The van der Waals surface area contributed by atoms with Crippen molar-refractivity contribution in [2.75, 3.05) is 13.1 Å². The molecule has 0 aliphatic carbocycles. The second kappa shape index (κ2) is 9.26. The Hall–Kier alpha value is -3.61. The highest BCUT2D eigenvalue weighted by Gasteiger charge is 2.25. The molecule has 2 aromatic carbocycles. The van der Waals surface area contributed by atoms with Gasteiger partial charge in [-0.15, -0.1) is 0 Å². The fourth-order valence-electron chi connectivity index (χ4n) is 3.69. The molecule has 3 aromatic rings. The molecule has 0 spiro atoms. The van der Waals surface area contributed by atoms with Crippen LogP contribution in [-0.4, -0.2) is 34.6 Å². The van der Waals surface area contributed by atoms with Crippen molar-refractivity contribution in [2.45, 2.75) is 25.9 Å². The van der Waals surface area contributed by atoms with Crippen LogP contribution in [0.25, 0.3) is 0 Å². The second-order valence-corrected chi connectivity index (χ2v) is 7.92. The first-order valence-corrected chi connectivity index (χ1v) is 10.6. The maximum atomic E-state index is 13.1. The van der Waals surface area contributed by atoms with Gasteiger partial charge in [-0.25, -0.2) is 4.39 Å². The van der Waals surface area contributed by atoms with E-state index in [1.807, 2.05) is 13.0 Å². The first kappa shape index (κ1) is 21.6. The van der Waals surface area contributed by atoms with Crippen LogP contribution in [0.15, 0.2) is 65.5 Å². The molecule has 1 amide bonds. The summed E-state index contributed by atoms with van der Waals surface area (Å²) in [6, 6.07) is 16.0. The Morgan fingerprint density at radius 1 is 0.969 bits per heavy atom. The fraction of sp³-hybridized carbons (Fsp3) is 0.280. The summed E-state index contributed by atoms with van der Waals surface area (Å²) in [5.74, 6) is 1.18. The van der Waals surface area contributed by atoms with Crippen LogP contribution in [0.4, 0.5) is 4.39 Å². The Kier molecular flexibility index (Phi) is 6.25. The molecule has 32 heavy (non-hydrogen) atoms. The lowest BCUT2D eigenvalue weighted by molar-refractivity contribution is 0.0595. The highest BCUT2D eigenvalue weighted by Crippen LogP contribution is 2.24. The van der Waals surface area contributed by atoms with Gasteiger partial charge in [-0.05, 0) is 55.5 Å². The summed E-state index contributed by atoms with van der Waals surface area (Å²) in [6.45, 7) is 3.00. The number of aromatic nitrogens is 1. The Morgan fingerprint density at radius 3 is 2.38 bits per heavy atom. The topological polar surface area (TPSA) is 60.8 Å². The number of rotatable bonds is 5. The average molecular weight is 436 g/mol. The molecule has 0 bridgehead atoms. The molecule has 0 saturated carbocycles. The third-order valence-electron chi connectivity index (χ3n) is 5.64. The van der Waals surface area contributed by atoms with E-state index in [-0.39, 0.29) is 23.4 Å². The van der Waals surface area contributed by atoms with Gasteiger partial charge in [-0.1, -0.05) is 6.07 Å². The summed E-state index contributed by atoms with van der Waals surface area (Å²) >= 11 is 0. The van der Waals surface area contributed by atoms with E-state index >= 15 is 0 Å². The normalized spacial score (nSPS) is 14.3. The standard InChI is InChI=1S/C25H25FN2O4/c1-17-14-23(16-24(29)27(17)2)32-21-10-12-28(13-11-21)25(30)18-4-3-5-22(15-18)31-20-8-6-19(26)7-9-20/h3-9,14-16,21H,10-13H2,1-2H3. The maximum Gasteiger partial charge on any atom is 0.254 e. The van der Waals surface area contributed by atoms with Gasteiger partial charge in [-0.3, -0.25) is 9.59 Å². The van der Waals surface area contributed by atoms with Crippen LogP contribution in [0.1, 0.15) is 28.9 Å². The molecule has 0 N–H and O–H groups in total. The smallest absolute Gasteiger partial charge is 0.254 e. The zero-order chi connectivity index (χ0) is 22.7. The SMILES string of the molecule is Cc1cc(OC2CCN(C(=O)c3cccc(Oc4ccc(F)cc4)c3)CC2)cc(=O)n1C. The van der Waals surface area contributed by atoms with E-state index in [0.717, 1.165) is 5.69 Å². The Morgan fingerprint density at radius 2 is 1.69 bits per heavy atom. The summed E-state index contributed by atoms with van der Waals surface area (Å²) < 4.78 is 26.4. The van der Waals surface area contributed by atoms with Gasteiger partial charge in [0, 0.05) is 50.3 Å². The lowest BCUT2D eigenvalue weighted by Crippen LogP contribution is -2.41. The minimum Gasteiger partial charge on any atom is -0.490 e. The minimum absolute atomic E-state index is 0.0429. The van der Waals surface area contributed by atoms with Crippen LogP contribution >= 0.6 is 0 Å². The highest BCUT2D eigenvalue weighted by molar-refractivity contribution is 5.94. The molecule has 1 saturated heterocycles. The number of aryl methyl sites for hydroxylation is 1. The van der Waals surface area contributed by atoms with Gasteiger partial charge in [0.15, 0.2) is 0 Å². The van der Waals surface area contributed by atoms with Gasteiger partial charge in [0.1, 0.15) is 29.2 Å². The van der Waals surface area contributed by atoms with Crippen molar-refractivity contribution in [3.63, 3.8) is 0 Å². The third-order valence-corrected chi connectivity index (χ3v) is 5.64. The van der Waals surface area contributed by atoms with Crippen LogP contribution in [0.2, 0.25) is 0 Å². The van der Waals surface area contributed by atoms with Gasteiger partial charge in [0.05, 0.1) is 0 Å². The van der Waals surface area contributed by atoms with Crippen LogP contribution < -0.4 is 15.0 Å². The number of pyridine rings is 1. The Balaban J connectivity index is 1.36. The summed E-state index contributed by atoms with van der Waals surface area (Å²) in [5, 5.41) is 0. The van der Waals surface area contributed by atoms with E-state index < -0.39 is 0 Å². The quantitative estimate of drug-likeness (QED) is 0.598. The number of halogens is 1. The molecular weight excluding hydrogens is 411 g/mol. The van der Waals surface area contributed by atoms with Crippen molar-refractivity contribution in [3.05, 3.63) is 88.1 Å². The predicted octanol–water partition coefficient (Wildman–Crippen LogP) is 4.31. The summed E-state index contributed by atoms with van der Waals surface area (Å²) in [5.41, 5.74) is 1.27. The van der Waals surface area contributed by atoms with E-state index in [0.29, 0.717) is 48.7 Å². The number of hydrogen-bond donors (Lipinski definition) is 0. The lowest BCUT2D eigenvalue weighted by atomic mass is 10.1. The van der Waals surface area contributed by atoms with Gasteiger partial charge >= 0.3 is 0 Å². The van der Waals surface area contributed by atoms with E-state index in [1.165, 1.54) is 18.2 Å². The number of likely N-dealkylation sites (tertiary alicyclic amines) is 1. The van der Waals surface area contributed by atoms with Crippen LogP contribution in [-0.2, 0) is 7.05 Å². The number of hydrogen-bond acceptors (Lipinski definition) is 4. The van der Waals surface area contributed by atoms with Crippen molar-refractivity contribution in [3.8, 4) is 17.2 Å². The summed E-state index contributed by atoms with van der Waals surface area (Å²) in [6.07, 6.45) is 1.33. The van der Waals surface area contributed by atoms with Crippen LogP contribution in [0.5, 0.6) is 17.2 Å². The molecule has 0 atom stereocenters. The van der Waals surface area contributed by atoms with Crippen molar-refractivity contribution in [2.24, 2.45) is 7.05 Å². The van der Waals surface area contributed by atoms with Crippen molar-refractivity contribution in [1.82, 2.24) is 9.47 Å². The average Bonchev–Trinajstić information content (AvgIpc) is 2.79. The molecule has 4 rings (SSSR count). The number of carbonyl (C=O) groups excluding carboxylic acids is 1. The molecular formula is C25H25FN2O4. The Bertz CT molecular complexity index is 1170. The maximum absolute atomic E-state index is 13.1. The lowest BCUT2D eigenvalue weighted by Gasteiger charge is -2.32. The van der Waals surface area contributed by atoms with Crippen LogP contribution in [0.3, 0.4) is 0 Å². The van der Waals surface area contributed by atoms with E-state index in [4.69, 9.17) is 9.47 Å². The molecule has 0 unspecified atom stereocenters. The van der Waals surface area contributed by atoms with Gasteiger partial charge in [0.2, 0.25) is 0 Å². The van der Waals surface area contributed by atoms with Gasteiger partial charge < -0.3 is 18.9 Å². The van der Waals surface area contributed by atoms with Crippen molar-refractivity contribution in [1.29, 1.82) is 0 Å². The molecule has 0 radical (unpaired) electrons. The summed E-state index contributed by atoms with van der Waals surface area (Å²) in [7, 11) is 1.73. The van der Waals surface area contributed by atoms with Crippen molar-refractivity contribution < 1.29 is 18.7 Å². The molecule has 166 valence electrons. The molecule has 1 aromatic heterocycles. The minimum atomic E-state index is -0.335. The molecule has 1 fully saturated rings. The molecule has 1 aliphatic heterocycles. The number of carbonyl (C=O) groups is 1. The number of piperidine rings is 1. The first-order valence-electron chi connectivity index (χ1n) is 10.6. The predicted molar refractivity (Wildman–Crippen MR) is 119 cm³/mol. The second-order valence-electron chi connectivity index (χ2n) is 7.92. The molecule has 7 heteroatoms. The monoisotopic (exact) mass is 436 g/mol. The number of benzene rings is 2. The third kappa shape index (κ3) is 4.99. The zero-order valence-electron chi connectivity index (χ0n) is 18.1. The molecule has 1 aliphatic rings. The number of ether oxygens (including phenoxy) is 2. The highest BCUT2D eigenvalue weighted by atomic mass is 19.1. The summed E-state index contributed by atoms with van der Waals surface area (Å²) in [4.78, 5) is 26.7. The van der Waals surface area contributed by atoms with E-state index in [9.17, 15) is 14.0 Å². The largest absolute Gasteiger partial charge is 0.490 e. The number of amides is 1. The van der Waals surface area contributed by atoms with Crippen molar-refractivity contribution >= 4 is 5.91 Å². The molecule has 6 nitrogen and oxygen atoms in total. The zero-order valence-corrected chi connectivity index (χ0v) is 18.1. The van der Waals surface area contributed by atoms with E-state index in [1.54, 1.807) is 52.9 Å². The van der Waals surface area contributed by atoms with Crippen LogP contribution in [0, 0.1) is 12.7 Å².